The number of methoxy groups -OCH3 is 1. The molecule has 1 aromatic carbocycles. The van der Waals surface area contributed by atoms with Crippen molar-refractivity contribution in [2.75, 3.05) is 7.11 Å². The first-order valence-electron chi connectivity index (χ1n) is 4.73. The molecule has 0 aromatic heterocycles. The highest BCUT2D eigenvalue weighted by Gasteiger charge is 2.24. The summed E-state index contributed by atoms with van der Waals surface area (Å²) < 4.78 is 6.91. The molecular weight excluding hydrogens is 324 g/mol. The van der Waals surface area contributed by atoms with E-state index in [1.807, 2.05) is 6.07 Å². The number of carbonyl (C=O) groups is 1. The summed E-state index contributed by atoms with van der Waals surface area (Å²) in [7, 11) is 1.60. The molecule has 2 nitrogen and oxygen atoms in total. The van der Waals surface area contributed by atoms with Gasteiger partial charge in [0.15, 0.2) is 5.78 Å². The van der Waals surface area contributed by atoms with E-state index in [2.05, 4.69) is 31.9 Å². The average Bonchev–Trinajstić information content (AvgIpc) is 2.17. The molecule has 0 atom stereocenters. The second-order valence-electron chi connectivity index (χ2n) is 3.52. The molecule has 0 spiro atoms. The van der Waals surface area contributed by atoms with Crippen molar-refractivity contribution in [1.29, 1.82) is 0 Å². The van der Waals surface area contributed by atoms with Gasteiger partial charge in [0.2, 0.25) is 0 Å². The van der Waals surface area contributed by atoms with E-state index in [4.69, 9.17) is 4.74 Å². The van der Waals surface area contributed by atoms with Gasteiger partial charge in [-0.3, -0.25) is 4.79 Å². The van der Waals surface area contributed by atoms with E-state index in [0.29, 0.717) is 12.2 Å². The minimum absolute atomic E-state index is 0.203. The van der Waals surface area contributed by atoms with Crippen LogP contribution in [0.4, 0.5) is 0 Å². The number of aryl methyl sites for hydroxylation is 1. The van der Waals surface area contributed by atoms with Crippen LogP contribution in [0.15, 0.2) is 15.0 Å². The molecule has 1 aliphatic rings. The van der Waals surface area contributed by atoms with Gasteiger partial charge in [0.25, 0.3) is 0 Å². The number of ketones is 1. The smallest absolute Gasteiger partial charge is 0.164 e. The van der Waals surface area contributed by atoms with Gasteiger partial charge < -0.3 is 4.74 Å². The number of hydrogen-bond acceptors (Lipinski definition) is 2. The van der Waals surface area contributed by atoms with Gasteiger partial charge in [0, 0.05) is 12.0 Å². The minimum atomic E-state index is 0.203. The lowest BCUT2D eigenvalue weighted by atomic mass is 9.90. The van der Waals surface area contributed by atoms with Crippen LogP contribution >= 0.6 is 31.9 Å². The second-order valence-corrected chi connectivity index (χ2v) is 5.16. The number of carbonyl (C=O) groups excluding carboxylic acids is 1. The Morgan fingerprint density at radius 3 is 2.73 bits per heavy atom. The monoisotopic (exact) mass is 332 g/mol. The van der Waals surface area contributed by atoms with Gasteiger partial charge in [-0.2, -0.15) is 0 Å². The van der Waals surface area contributed by atoms with Crippen molar-refractivity contribution < 1.29 is 9.53 Å². The Bertz CT molecular complexity index is 427. The van der Waals surface area contributed by atoms with Gasteiger partial charge in [0.1, 0.15) is 5.75 Å². The Morgan fingerprint density at radius 2 is 2.07 bits per heavy atom. The summed E-state index contributed by atoms with van der Waals surface area (Å²) in [6, 6.07) is 1.98. The predicted molar refractivity (Wildman–Crippen MR) is 65.7 cm³/mol. The normalized spacial score (nSPS) is 15.0. The number of hydrogen-bond donors (Lipinski definition) is 0. The molecule has 15 heavy (non-hydrogen) atoms. The fraction of sp³-hybridized carbons (Fsp3) is 0.364. The summed E-state index contributed by atoms with van der Waals surface area (Å²) in [6.07, 6.45) is 2.54. The molecule has 80 valence electrons. The van der Waals surface area contributed by atoms with E-state index in [1.165, 1.54) is 0 Å². The van der Waals surface area contributed by atoms with Crippen LogP contribution in [0.2, 0.25) is 0 Å². The largest absolute Gasteiger partial charge is 0.494 e. The zero-order valence-corrected chi connectivity index (χ0v) is 11.4. The number of rotatable bonds is 1. The third kappa shape index (κ3) is 1.85. The second kappa shape index (κ2) is 4.26. The van der Waals surface area contributed by atoms with Gasteiger partial charge in [-0.05, 0) is 56.3 Å². The van der Waals surface area contributed by atoms with Gasteiger partial charge in [-0.25, -0.2) is 0 Å². The molecule has 0 bridgehead atoms. The molecule has 1 aromatic rings. The number of benzene rings is 1. The van der Waals surface area contributed by atoms with Crippen LogP contribution < -0.4 is 4.74 Å². The topological polar surface area (TPSA) is 26.3 Å². The molecule has 0 unspecified atom stereocenters. The van der Waals surface area contributed by atoms with E-state index in [0.717, 1.165) is 32.9 Å². The highest BCUT2D eigenvalue weighted by atomic mass is 79.9. The van der Waals surface area contributed by atoms with Crippen LogP contribution in [0, 0.1) is 0 Å². The Hall–Kier alpha value is -0.350. The van der Waals surface area contributed by atoms with E-state index in [-0.39, 0.29) is 5.78 Å². The van der Waals surface area contributed by atoms with Gasteiger partial charge in [0.05, 0.1) is 16.1 Å². The zero-order chi connectivity index (χ0) is 11.0. The van der Waals surface area contributed by atoms with Crippen LogP contribution in [-0.2, 0) is 6.42 Å². The van der Waals surface area contributed by atoms with Gasteiger partial charge in [-0.15, -0.1) is 0 Å². The van der Waals surface area contributed by atoms with E-state index in [9.17, 15) is 4.79 Å². The Labute approximate surface area is 105 Å². The number of halogens is 2. The van der Waals surface area contributed by atoms with Crippen molar-refractivity contribution in [1.82, 2.24) is 0 Å². The van der Waals surface area contributed by atoms with Crippen molar-refractivity contribution in [2.45, 2.75) is 19.3 Å². The summed E-state index contributed by atoms with van der Waals surface area (Å²) in [6.45, 7) is 0. The number of Topliss-reactive ketones (excluding diaryl/α,β-unsaturated/α-hetero) is 1. The summed E-state index contributed by atoms with van der Waals surface area (Å²) >= 11 is 6.88. The molecule has 0 saturated heterocycles. The lowest BCUT2D eigenvalue weighted by Crippen LogP contribution is -2.12. The molecule has 0 aliphatic heterocycles. The maximum absolute atomic E-state index is 11.8. The number of fused-ring (bicyclic) bond motifs is 1. The molecule has 0 radical (unpaired) electrons. The molecule has 0 amide bonds. The maximum atomic E-state index is 11.8. The molecule has 0 saturated carbocycles. The lowest BCUT2D eigenvalue weighted by molar-refractivity contribution is 0.0971. The predicted octanol–water partition coefficient (Wildman–Crippen LogP) is 3.74. The van der Waals surface area contributed by atoms with Crippen molar-refractivity contribution in [3.8, 4) is 5.75 Å². The van der Waals surface area contributed by atoms with E-state index >= 15 is 0 Å². The third-order valence-electron chi connectivity index (χ3n) is 2.59. The number of ether oxygens (including phenoxy) is 1. The summed E-state index contributed by atoms with van der Waals surface area (Å²) in [5, 5.41) is 0. The lowest BCUT2D eigenvalue weighted by Gasteiger charge is -2.19. The quantitative estimate of drug-likeness (QED) is 0.782. The molecule has 2 rings (SSSR count). The van der Waals surface area contributed by atoms with Gasteiger partial charge >= 0.3 is 0 Å². The van der Waals surface area contributed by atoms with Crippen molar-refractivity contribution in [3.63, 3.8) is 0 Å². The van der Waals surface area contributed by atoms with Crippen LogP contribution in [0.1, 0.15) is 28.8 Å². The standard InChI is InChI=1S/C11H10Br2O2/c1-15-11-7(12)5-6-3-2-4-8(14)9(6)10(11)13/h5H,2-4H2,1H3. The first kappa shape index (κ1) is 11.1. The molecule has 1 aliphatic carbocycles. The van der Waals surface area contributed by atoms with E-state index < -0.39 is 0 Å². The fourth-order valence-electron chi connectivity index (χ4n) is 1.90. The van der Waals surface area contributed by atoms with Crippen molar-refractivity contribution in [2.24, 2.45) is 0 Å². The summed E-state index contributed by atoms with van der Waals surface area (Å²) in [5.41, 5.74) is 1.90. The summed E-state index contributed by atoms with van der Waals surface area (Å²) in [5.74, 6) is 0.901. The molecule has 0 heterocycles. The maximum Gasteiger partial charge on any atom is 0.164 e. The first-order valence-corrected chi connectivity index (χ1v) is 6.31. The highest BCUT2D eigenvalue weighted by molar-refractivity contribution is 9.11. The van der Waals surface area contributed by atoms with Gasteiger partial charge in [-0.1, -0.05) is 0 Å². The molecule has 0 fully saturated rings. The van der Waals surface area contributed by atoms with Crippen molar-refractivity contribution >= 4 is 37.6 Å². The Balaban J connectivity index is 2.67. The third-order valence-corrected chi connectivity index (χ3v) is 3.94. The molecule has 0 N–H and O–H groups in total. The highest BCUT2D eigenvalue weighted by Crippen LogP contribution is 2.40. The SMILES string of the molecule is COc1c(Br)cc2c(c1Br)C(=O)CCC2. The van der Waals surface area contributed by atoms with Crippen LogP contribution in [0.3, 0.4) is 0 Å². The first-order chi connectivity index (χ1) is 7.15. The van der Waals surface area contributed by atoms with Crippen molar-refractivity contribution in [3.05, 3.63) is 26.1 Å². The van der Waals surface area contributed by atoms with Crippen LogP contribution in [-0.4, -0.2) is 12.9 Å². The Morgan fingerprint density at radius 1 is 1.33 bits per heavy atom. The van der Waals surface area contributed by atoms with Crippen LogP contribution in [0.5, 0.6) is 5.75 Å². The van der Waals surface area contributed by atoms with E-state index in [1.54, 1.807) is 7.11 Å². The molecule has 4 heteroatoms. The zero-order valence-electron chi connectivity index (χ0n) is 8.27. The van der Waals surface area contributed by atoms with Crippen LogP contribution in [0.25, 0.3) is 0 Å². The molecular formula is C11H10Br2O2. The summed E-state index contributed by atoms with van der Waals surface area (Å²) in [4.78, 5) is 11.8. The minimum Gasteiger partial charge on any atom is -0.494 e. The average molecular weight is 334 g/mol. The Kier molecular flexibility index (Phi) is 3.16. The fourth-order valence-corrected chi connectivity index (χ4v) is 3.65.